The summed E-state index contributed by atoms with van der Waals surface area (Å²) in [6.45, 7) is 6.67. The molecule has 3 heterocycles. The lowest BCUT2D eigenvalue weighted by Gasteiger charge is -2.26. The number of ether oxygens (including phenoxy) is 1. The molecule has 0 radical (unpaired) electrons. The molecule has 0 amide bonds. The summed E-state index contributed by atoms with van der Waals surface area (Å²) in [6.07, 6.45) is 7.59. The Kier molecular flexibility index (Phi) is 4.59. The molecule has 5 nitrogen and oxygen atoms in total. The van der Waals surface area contributed by atoms with Crippen molar-refractivity contribution in [2.24, 2.45) is 0 Å². The van der Waals surface area contributed by atoms with Gasteiger partial charge in [0.1, 0.15) is 0 Å². The number of aromatic nitrogens is 3. The van der Waals surface area contributed by atoms with Crippen LogP contribution in [0.1, 0.15) is 11.3 Å². The summed E-state index contributed by atoms with van der Waals surface area (Å²) in [6, 6.07) is 10.9. The SMILES string of the molecule is Cc1cn(-c2cncc(-c3ccc(CN4CCOCC4)cc3)c2)cn1. The highest BCUT2D eigenvalue weighted by Gasteiger charge is 2.10. The lowest BCUT2D eigenvalue weighted by Crippen LogP contribution is -2.35. The Morgan fingerprint density at radius 2 is 1.84 bits per heavy atom. The highest BCUT2D eigenvalue weighted by molar-refractivity contribution is 5.65. The molecule has 0 atom stereocenters. The standard InChI is InChI=1S/C20H22N4O/c1-16-13-24(15-22-16)20-10-19(11-21-12-20)18-4-2-17(3-5-18)14-23-6-8-25-9-7-23/h2-5,10-13,15H,6-9,14H2,1H3. The van der Waals surface area contributed by atoms with Crippen molar-refractivity contribution in [1.29, 1.82) is 0 Å². The topological polar surface area (TPSA) is 43.2 Å². The second kappa shape index (κ2) is 7.17. The molecule has 1 aliphatic rings. The number of rotatable bonds is 4. The smallest absolute Gasteiger partial charge is 0.0995 e. The number of morpholine rings is 1. The number of imidazole rings is 1. The van der Waals surface area contributed by atoms with Crippen LogP contribution in [0.5, 0.6) is 0 Å². The fourth-order valence-electron chi connectivity index (χ4n) is 3.11. The molecule has 2 aromatic heterocycles. The molecule has 0 N–H and O–H groups in total. The third kappa shape index (κ3) is 3.78. The predicted molar refractivity (Wildman–Crippen MR) is 97.6 cm³/mol. The van der Waals surface area contributed by atoms with Crippen LogP contribution in [-0.4, -0.2) is 45.7 Å². The Morgan fingerprint density at radius 3 is 2.56 bits per heavy atom. The minimum absolute atomic E-state index is 0.838. The quantitative estimate of drug-likeness (QED) is 0.735. The summed E-state index contributed by atoms with van der Waals surface area (Å²) in [7, 11) is 0. The van der Waals surface area contributed by atoms with Gasteiger partial charge in [-0.3, -0.25) is 9.88 Å². The molecule has 1 fully saturated rings. The Balaban J connectivity index is 1.51. The zero-order chi connectivity index (χ0) is 17.1. The summed E-state index contributed by atoms with van der Waals surface area (Å²) >= 11 is 0. The Hall–Kier alpha value is -2.50. The average molecular weight is 334 g/mol. The van der Waals surface area contributed by atoms with E-state index < -0.39 is 0 Å². The molecule has 0 bridgehead atoms. The molecule has 4 rings (SSSR count). The van der Waals surface area contributed by atoms with Gasteiger partial charge in [-0.1, -0.05) is 24.3 Å². The van der Waals surface area contributed by atoms with Crippen molar-refractivity contribution in [1.82, 2.24) is 19.4 Å². The van der Waals surface area contributed by atoms with E-state index in [9.17, 15) is 0 Å². The summed E-state index contributed by atoms with van der Waals surface area (Å²) < 4.78 is 7.41. The molecule has 5 heteroatoms. The zero-order valence-corrected chi connectivity index (χ0v) is 14.4. The van der Waals surface area contributed by atoms with E-state index in [1.165, 1.54) is 11.1 Å². The molecule has 25 heavy (non-hydrogen) atoms. The Labute approximate surface area is 147 Å². The van der Waals surface area contributed by atoms with Gasteiger partial charge in [0, 0.05) is 37.6 Å². The zero-order valence-electron chi connectivity index (χ0n) is 14.4. The number of benzene rings is 1. The van der Waals surface area contributed by atoms with Crippen LogP contribution in [0.4, 0.5) is 0 Å². The van der Waals surface area contributed by atoms with E-state index in [1.54, 1.807) is 0 Å². The van der Waals surface area contributed by atoms with Gasteiger partial charge in [0.2, 0.25) is 0 Å². The molecule has 1 aromatic carbocycles. The first-order chi connectivity index (χ1) is 12.3. The summed E-state index contributed by atoms with van der Waals surface area (Å²) in [5, 5.41) is 0. The van der Waals surface area contributed by atoms with Gasteiger partial charge in [0.05, 0.1) is 37.1 Å². The number of nitrogens with zero attached hydrogens (tertiary/aromatic N) is 4. The van der Waals surface area contributed by atoms with Crippen LogP contribution in [0, 0.1) is 6.92 Å². The minimum atomic E-state index is 0.838. The fraction of sp³-hybridized carbons (Fsp3) is 0.300. The largest absolute Gasteiger partial charge is 0.379 e. The van der Waals surface area contributed by atoms with Gasteiger partial charge in [-0.25, -0.2) is 4.98 Å². The molecule has 128 valence electrons. The first-order valence-corrected chi connectivity index (χ1v) is 8.63. The Bertz CT molecular complexity index is 835. The first kappa shape index (κ1) is 16.0. The number of aryl methyl sites for hydroxylation is 1. The van der Waals surface area contributed by atoms with Crippen LogP contribution < -0.4 is 0 Å². The highest BCUT2D eigenvalue weighted by atomic mass is 16.5. The summed E-state index contributed by atoms with van der Waals surface area (Å²) in [5.74, 6) is 0. The van der Waals surface area contributed by atoms with Crippen LogP contribution in [0.3, 0.4) is 0 Å². The lowest BCUT2D eigenvalue weighted by molar-refractivity contribution is 0.0342. The number of pyridine rings is 1. The van der Waals surface area contributed by atoms with E-state index in [2.05, 4.69) is 45.2 Å². The van der Waals surface area contributed by atoms with Crippen LogP contribution in [0.15, 0.2) is 55.2 Å². The van der Waals surface area contributed by atoms with Crippen molar-refractivity contribution in [2.45, 2.75) is 13.5 Å². The van der Waals surface area contributed by atoms with Gasteiger partial charge in [0.25, 0.3) is 0 Å². The molecule has 0 unspecified atom stereocenters. The maximum absolute atomic E-state index is 5.41. The van der Waals surface area contributed by atoms with Crippen LogP contribution >= 0.6 is 0 Å². The van der Waals surface area contributed by atoms with Crippen molar-refractivity contribution in [3.05, 3.63) is 66.5 Å². The third-order valence-electron chi connectivity index (χ3n) is 4.53. The normalized spacial score (nSPS) is 15.4. The van der Waals surface area contributed by atoms with Crippen molar-refractivity contribution in [3.63, 3.8) is 0 Å². The lowest BCUT2D eigenvalue weighted by atomic mass is 10.0. The van der Waals surface area contributed by atoms with Gasteiger partial charge >= 0.3 is 0 Å². The molecule has 3 aromatic rings. The van der Waals surface area contributed by atoms with Crippen molar-refractivity contribution in [2.75, 3.05) is 26.3 Å². The third-order valence-corrected chi connectivity index (χ3v) is 4.53. The van der Waals surface area contributed by atoms with E-state index in [-0.39, 0.29) is 0 Å². The van der Waals surface area contributed by atoms with Gasteiger partial charge < -0.3 is 9.30 Å². The maximum Gasteiger partial charge on any atom is 0.0995 e. The van der Waals surface area contributed by atoms with Crippen LogP contribution in [-0.2, 0) is 11.3 Å². The van der Waals surface area contributed by atoms with Gasteiger partial charge in [-0.2, -0.15) is 0 Å². The monoisotopic (exact) mass is 334 g/mol. The van der Waals surface area contributed by atoms with E-state index in [0.29, 0.717) is 0 Å². The molecule has 0 saturated carbocycles. The van der Waals surface area contributed by atoms with Crippen LogP contribution in [0.25, 0.3) is 16.8 Å². The van der Waals surface area contributed by atoms with Crippen molar-refractivity contribution in [3.8, 4) is 16.8 Å². The maximum atomic E-state index is 5.41. The summed E-state index contributed by atoms with van der Waals surface area (Å²) in [5.41, 5.74) is 5.65. The van der Waals surface area contributed by atoms with Crippen molar-refractivity contribution < 1.29 is 4.74 Å². The van der Waals surface area contributed by atoms with E-state index in [1.807, 2.05) is 36.4 Å². The van der Waals surface area contributed by atoms with Crippen molar-refractivity contribution >= 4 is 0 Å². The van der Waals surface area contributed by atoms with Gasteiger partial charge in [0.15, 0.2) is 0 Å². The molecular weight excluding hydrogens is 312 g/mol. The minimum Gasteiger partial charge on any atom is -0.379 e. The van der Waals surface area contributed by atoms with E-state index in [4.69, 9.17) is 4.74 Å². The molecule has 1 aliphatic heterocycles. The fourth-order valence-corrected chi connectivity index (χ4v) is 3.11. The van der Waals surface area contributed by atoms with E-state index in [0.717, 1.165) is 49.8 Å². The number of hydrogen-bond donors (Lipinski definition) is 0. The molecule has 0 aliphatic carbocycles. The summed E-state index contributed by atoms with van der Waals surface area (Å²) in [4.78, 5) is 11.1. The molecule has 0 spiro atoms. The van der Waals surface area contributed by atoms with E-state index >= 15 is 0 Å². The number of hydrogen-bond acceptors (Lipinski definition) is 4. The highest BCUT2D eigenvalue weighted by Crippen LogP contribution is 2.22. The first-order valence-electron chi connectivity index (χ1n) is 8.63. The predicted octanol–water partition coefficient (Wildman–Crippen LogP) is 3.07. The second-order valence-electron chi connectivity index (χ2n) is 6.44. The average Bonchev–Trinajstić information content (AvgIpc) is 3.10. The molecular formula is C20H22N4O. The second-order valence-corrected chi connectivity index (χ2v) is 6.44. The van der Waals surface area contributed by atoms with Crippen LogP contribution in [0.2, 0.25) is 0 Å². The van der Waals surface area contributed by atoms with Gasteiger partial charge in [-0.15, -0.1) is 0 Å². The Morgan fingerprint density at radius 1 is 1.04 bits per heavy atom. The van der Waals surface area contributed by atoms with Gasteiger partial charge in [-0.05, 0) is 24.1 Å². The molecule has 1 saturated heterocycles.